The molecule has 0 bridgehead atoms. The standard InChI is InChI=1S/C6H7NO4/c7-5(9)3-1-2-11-6(10)4(3)8/h1-3,6,10H,(H2,7,9). The van der Waals surface area contributed by atoms with Crippen molar-refractivity contribution in [1.29, 1.82) is 0 Å². The van der Waals surface area contributed by atoms with Gasteiger partial charge in [0.25, 0.3) is 6.29 Å². The third-order valence-corrected chi connectivity index (χ3v) is 1.33. The van der Waals surface area contributed by atoms with Crippen molar-refractivity contribution in [3.63, 3.8) is 0 Å². The zero-order chi connectivity index (χ0) is 8.43. The fraction of sp³-hybridized carbons (Fsp3) is 0.333. The molecule has 0 spiro atoms. The van der Waals surface area contributed by atoms with Crippen LogP contribution in [0.5, 0.6) is 0 Å². The summed E-state index contributed by atoms with van der Waals surface area (Å²) in [5.41, 5.74) is 4.84. The van der Waals surface area contributed by atoms with Crippen molar-refractivity contribution in [1.82, 2.24) is 0 Å². The summed E-state index contributed by atoms with van der Waals surface area (Å²) >= 11 is 0. The van der Waals surface area contributed by atoms with Gasteiger partial charge >= 0.3 is 0 Å². The van der Waals surface area contributed by atoms with E-state index in [1.807, 2.05) is 0 Å². The van der Waals surface area contributed by atoms with E-state index in [1.165, 1.54) is 6.08 Å². The van der Waals surface area contributed by atoms with E-state index >= 15 is 0 Å². The molecule has 1 heterocycles. The first-order valence-corrected chi connectivity index (χ1v) is 2.96. The molecule has 2 unspecified atom stereocenters. The van der Waals surface area contributed by atoms with Gasteiger partial charge < -0.3 is 15.6 Å². The molecule has 1 aliphatic heterocycles. The van der Waals surface area contributed by atoms with Crippen molar-refractivity contribution in [2.45, 2.75) is 6.29 Å². The van der Waals surface area contributed by atoms with Crippen LogP contribution >= 0.6 is 0 Å². The average Bonchev–Trinajstić information content (AvgIpc) is 1.94. The summed E-state index contributed by atoms with van der Waals surface area (Å²) in [6.07, 6.45) is 0.733. The number of carbonyl (C=O) groups is 2. The molecule has 0 saturated carbocycles. The largest absolute Gasteiger partial charge is 0.465 e. The second kappa shape index (κ2) is 2.71. The molecule has 11 heavy (non-hydrogen) atoms. The number of Topliss-reactive ketones (excluding diaryl/α,β-unsaturated/α-hetero) is 1. The summed E-state index contributed by atoms with van der Waals surface area (Å²) in [7, 11) is 0. The van der Waals surface area contributed by atoms with Crippen molar-refractivity contribution in [2.75, 3.05) is 0 Å². The number of aliphatic hydroxyl groups is 1. The van der Waals surface area contributed by atoms with Crippen LogP contribution in [-0.2, 0) is 14.3 Å². The number of primary amides is 1. The Labute approximate surface area is 62.4 Å². The highest BCUT2D eigenvalue weighted by Gasteiger charge is 2.31. The molecule has 5 nitrogen and oxygen atoms in total. The van der Waals surface area contributed by atoms with E-state index in [0.29, 0.717) is 0 Å². The van der Waals surface area contributed by atoms with E-state index in [2.05, 4.69) is 4.74 Å². The van der Waals surface area contributed by atoms with Crippen molar-refractivity contribution < 1.29 is 19.4 Å². The molecular formula is C6H7NO4. The van der Waals surface area contributed by atoms with Gasteiger partial charge in [-0.25, -0.2) is 0 Å². The van der Waals surface area contributed by atoms with Crippen LogP contribution in [0.4, 0.5) is 0 Å². The molecule has 0 fully saturated rings. The SMILES string of the molecule is NC(=O)C1C=COC(O)C1=O. The van der Waals surface area contributed by atoms with Crippen LogP contribution < -0.4 is 5.73 Å². The van der Waals surface area contributed by atoms with Gasteiger partial charge in [-0.05, 0) is 6.08 Å². The Kier molecular flexibility index (Phi) is 1.91. The van der Waals surface area contributed by atoms with Crippen LogP contribution in [0.1, 0.15) is 0 Å². The van der Waals surface area contributed by atoms with Crippen LogP contribution in [-0.4, -0.2) is 23.1 Å². The first-order chi connectivity index (χ1) is 5.13. The van der Waals surface area contributed by atoms with Gasteiger partial charge in [-0.2, -0.15) is 0 Å². The normalized spacial score (nSPS) is 29.7. The van der Waals surface area contributed by atoms with Gasteiger partial charge in [0.15, 0.2) is 0 Å². The lowest BCUT2D eigenvalue weighted by Gasteiger charge is -2.17. The third kappa shape index (κ3) is 1.38. The number of amides is 1. The van der Waals surface area contributed by atoms with Crippen molar-refractivity contribution in [3.8, 4) is 0 Å². The summed E-state index contributed by atoms with van der Waals surface area (Å²) in [6.45, 7) is 0. The van der Waals surface area contributed by atoms with Gasteiger partial charge in [-0.3, -0.25) is 9.59 Å². The van der Waals surface area contributed by atoms with E-state index in [4.69, 9.17) is 10.8 Å². The van der Waals surface area contributed by atoms with Crippen LogP contribution in [0, 0.1) is 5.92 Å². The number of ketones is 1. The van der Waals surface area contributed by atoms with Crippen LogP contribution in [0.15, 0.2) is 12.3 Å². The van der Waals surface area contributed by atoms with Crippen LogP contribution in [0.2, 0.25) is 0 Å². The molecule has 5 heteroatoms. The Bertz CT molecular complexity index is 223. The number of nitrogens with two attached hydrogens (primary N) is 1. The maximum absolute atomic E-state index is 10.8. The van der Waals surface area contributed by atoms with E-state index in [9.17, 15) is 9.59 Å². The predicted octanol–water partition coefficient (Wildman–Crippen LogP) is -1.48. The minimum Gasteiger partial charge on any atom is -0.465 e. The molecule has 0 radical (unpaired) electrons. The van der Waals surface area contributed by atoms with Crippen LogP contribution in [0.25, 0.3) is 0 Å². The topological polar surface area (TPSA) is 89.6 Å². The highest BCUT2D eigenvalue weighted by molar-refractivity contribution is 6.04. The van der Waals surface area contributed by atoms with Gasteiger partial charge in [-0.1, -0.05) is 0 Å². The van der Waals surface area contributed by atoms with Gasteiger partial charge in [0, 0.05) is 0 Å². The Hall–Kier alpha value is -1.36. The number of aliphatic hydroxyl groups excluding tert-OH is 1. The smallest absolute Gasteiger partial charge is 0.257 e. The molecule has 60 valence electrons. The highest BCUT2D eigenvalue weighted by Crippen LogP contribution is 2.10. The molecule has 1 aliphatic rings. The monoisotopic (exact) mass is 157 g/mol. The first kappa shape index (κ1) is 7.74. The summed E-state index contributed by atoms with van der Waals surface area (Å²) in [4.78, 5) is 21.3. The van der Waals surface area contributed by atoms with Crippen molar-refractivity contribution >= 4 is 11.7 Å². The lowest BCUT2D eigenvalue weighted by molar-refractivity contribution is -0.154. The van der Waals surface area contributed by atoms with Gasteiger partial charge in [-0.15, -0.1) is 0 Å². The van der Waals surface area contributed by atoms with E-state index in [1.54, 1.807) is 0 Å². The van der Waals surface area contributed by atoms with E-state index in [0.717, 1.165) is 6.26 Å². The summed E-state index contributed by atoms with van der Waals surface area (Å²) < 4.78 is 4.39. The minimum atomic E-state index is -1.56. The van der Waals surface area contributed by atoms with Crippen LogP contribution in [0.3, 0.4) is 0 Å². The number of ether oxygens (including phenoxy) is 1. The zero-order valence-corrected chi connectivity index (χ0v) is 5.56. The molecular weight excluding hydrogens is 150 g/mol. The maximum Gasteiger partial charge on any atom is 0.257 e. The molecule has 1 amide bonds. The lowest BCUT2D eigenvalue weighted by atomic mass is 10.0. The number of rotatable bonds is 1. The first-order valence-electron chi connectivity index (χ1n) is 2.96. The Morgan fingerprint density at radius 2 is 2.36 bits per heavy atom. The molecule has 1 rings (SSSR count). The van der Waals surface area contributed by atoms with Gasteiger partial charge in [0.05, 0.1) is 6.26 Å². The number of hydrogen-bond donors (Lipinski definition) is 2. The quantitative estimate of drug-likeness (QED) is 0.454. The Morgan fingerprint density at radius 1 is 1.73 bits per heavy atom. The predicted molar refractivity (Wildman–Crippen MR) is 33.9 cm³/mol. The second-order valence-electron chi connectivity index (χ2n) is 2.10. The molecule has 0 aromatic carbocycles. The van der Waals surface area contributed by atoms with E-state index < -0.39 is 23.9 Å². The van der Waals surface area contributed by atoms with Crippen molar-refractivity contribution in [2.24, 2.45) is 11.7 Å². The van der Waals surface area contributed by atoms with Gasteiger partial charge in [0.2, 0.25) is 11.7 Å². The Morgan fingerprint density at radius 3 is 2.82 bits per heavy atom. The molecule has 3 N–H and O–H groups in total. The fourth-order valence-corrected chi connectivity index (χ4v) is 0.749. The minimum absolute atomic E-state index is 0.722. The van der Waals surface area contributed by atoms with Crippen molar-refractivity contribution in [3.05, 3.63) is 12.3 Å². The number of hydrogen-bond acceptors (Lipinski definition) is 4. The highest BCUT2D eigenvalue weighted by atomic mass is 16.6. The van der Waals surface area contributed by atoms with E-state index in [-0.39, 0.29) is 0 Å². The zero-order valence-electron chi connectivity index (χ0n) is 5.56. The number of carbonyl (C=O) groups excluding carboxylic acids is 2. The lowest BCUT2D eigenvalue weighted by Crippen LogP contribution is -2.38. The maximum atomic E-state index is 10.8. The Balaban J connectivity index is 2.81. The summed E-state index contributed by atoms with van der Waals surface area (Å²) in [6, 6.07) is 0. The molecule has 0 aromatic heterocycles. The molecule has 2 atom stereocenters. The molecule has 0 aromatic rings. The average molecular weight is 157 g/mol. The molecule has 0 saturated heterocycles. The molecule has 0 aliphatic carbocycles. The second-order valence-corrected chi connectivity index (χ2v) is 2.10. The van der Waals surface area contributed by atoms with Gasteiger partial charge in [0.1, 0.15) is 5.92 Å². The summed E-state index contributed by atoms with van der Waals surface area (Å²) in [5.74, 6) is -2.56. The third-order valence-electron chi connectivity index (χ3n) is 1.33. The summed E-state index contributed by atoms with van der Waals surface area (Å²) in [5, 5.41) is 8.77. The fourth-order valence-electron chi connectivity index (χ4n) is 0.749.